The lowest BCUT2D eigenvalue weighted by Gasteiger charge is -2.19. The third kappa shape index (κ3) is 3.91. The van der Waals surface area contributed by atoms with Crippen LogP contribution in [0.5, 0.6) is 0 Å². The molecule has 0 spiro atoms. The van der Waals surface area contributed by atoms with Gasteiger partial charge in [0.25, 0.3) is 0 Å². The van der Waals surface area contributed by atoms with Crippen LogP contribution in [0.3, 0.4) is 0 Å². The van der Waals surface area contributed by atoms with Gasteiger partial charge in [0.2, 0.25) is 0 Å². The predicted molar refractivity (Wildman–Crippen MR) is 52.3 cm³/mol. The Hall–Kier alpha value is -0.300. The Balaban J connectivity index is 2.15. The second-order valence-corrected chi connectivity index (χ2v) is 3.59. The summed E-state index contributed by atoms with van der Waals surface area (Å²) in [6, 6.07) is 0. The highest BCUT2D eigenvalue weighted by Gasteiger charge is 2.10. The van der Waals surface area contributed by atoms with Gasteiger partial charge in [-0.05, 0) is 12.8 Å². The van der Waals surface area contributed by atoms with Crippen molar-refractivity contribution in [2.24, 2.45) is 0 Å². The summed E-state index contributed by atoms with van der Waals surface area (Å²) < 4.78 is 5.65. The minimum Gasteiger partial charge on any atom is -0.374 e. The van der Waals surface area contributed by atoms with Gasteiger partial charge in [0, 0.05) is 0 Å². The van der Waals surface area contributed by atoms with E-state index in [1.807, 2.05) is 6.08 Å². The Morgan fingerprint density at radius 1 is 1.08 bits per heavy atom. The highest BCUT2D eigenvalue weighted by Crippen LogP contribution is 2.19. The number of hydrogen-bond acceptors (Lipinski definition) is 1. The average molecular weight is 168 g/mol. The summed E-state index contributed by atoms with van der Waals surface area (Å²) in [5.74, 6) is 0. The summed E-state index contributed by atoms with van der Waals surface area (Å²) in [7, 11) is 0. The molecule has 12 heavy (non-hydrogen) atoms. The molecule has 0 aromatic carbocycles. The van der Waals surface area contributed by atoms with E-state index in [1.54, 1.807) is 0 Å². The molecule has 0 atom stereocenters. The zero-order valence-corrected chi connectivity index (χ0v) is 7.93. The molecule has 0 amide bonds. The lowest BCUT2D eigenvalue weighted by Crippen LogP contribution is -2.14. The SMILES string of the molecule is C=CCOC1CCCCCCC1. The summed E-state index contributed by atoms with van der Waals surface area (Å²) in [5, 5.41) is 0. The Bertz CT molecular complexity index is 112. The van der Waals surface area contributed by atoms with Crippen LogP contribution in [0.2, 0.25) is 0 Å². The molecule has 0 radical (unpaired) electrons. The van der Waals surface area contributed by atoms with Crippen LogP contribution in [0.1, 0.15) is 44.9 Å². The normalized spacial score (nSPS) is 21.3. The van der Waals surface area contributed by atoms with Crippen molar-refractivity contribution in [1.82, 2.24) is 0 Å². The van der Waals surface area contributed by atoms with Crippen molar-refractivity contribution in [1.29, 1.82) is 0 Å². The molecule has 0 heterocycles. The number of hydrogen-bond donors (Lipinski definition) is 0. The second-order valence-electron chi connectivity index (χ2n) is 3.59. The van der Waals surface area contributed by atoms with Crippen LogP contribution in [0, 0.1) is 0 Å². The van der Waals surface area contributed by atoms with E-state index in [-0.39, 0.29) is 0 Å². The fourth-order valence-electron chi connectivity index (χ4n) is 1.79. The van der Waals surface area contributed by atoms with Crippen molar-refractivity contribution >= 4 is 0 Å². The van der Waals surface area contributed by atoms with Crippen LogP contribution in [-0.4, -0.2) is 12.7 Å². The van der Waals surface area contributed by atoms with Gasteiger partial charge in [-0.1, -0.05) is 38.2 Å². The molecule has 0 aromatic rings. The third-order valence-corrected chi connectivity index (χ3v) is 2.50. The lowest BCUT2D eigenvalue weighted by atomic mass is 9.99. The van der Waals surface area contributed by atoms with Crippen LogP contribution in [0.4, 0.5) is 0 Å². The molecule has 1 fully saturated rings. The van der Waals surface area contributed by atoms with Gasteiger partial charge >= 0.3 is 0 Å². The monoisotopic (exact) mass is 168 g/mol. The maximum atomic E-state index is 5.65. The smallest absolute Gasteiger partial charge is 0.0648 e. The van der Waals surface area contributed by atoms with Gasteiger partial charge in [-0.25, -0.2) is 0 Å². The first-order valence-corrected chi connectivity index (χ1v) is 5.16. The highest BCUT2D eigenvalue weighted by atomic mass is 16.5. The molecule has 0 unspecified atom stereocenters. The van der Waals surface area contributed by atoms with E-state index in [0.717, 1.165) is 6.61 Å². The molecule has 0 aliphatic heterocycles. The lowest BCUT2D eigenvalue weighted by molar-refractivity contribution is 0.0545. The van der Waals surface area contributed by atoms with Crippen LogP contribution in [0.15, 0.2) is 12.7 Å². The molecule has 0 bridgehead atoms. The molecule has 0 N–H and O–H groups in total. The van der Waals surface area contributed by atoms with E-state index in [9.17, 15) is 0 Å². The Morgan fingerprint density at radius 3 is 2.25 bits per heavy atom. The van der Waals surface area contributed by atoms with Gasteiger partial charge in [0.15, 0.2) is 0 Å². The quantitative estimate of drug-likeness (QED) is 0.587. The first kappa shape index (κ1) is 9.79. The van der Waals surface area contributed by atoms with Crippen molar-refractivity contribution < 1.29 is 4.74 Å². The largest absolute Gasteiger partial charge is 0.374 e. The minimum atomic E-state index is 0.517. The molecule has 1 heteroatoms. The van der Waals surface area contributed by atoms with Crippen molar-refractivity contribution in [3.05, 3.63) is 12.7 Å². The standard InChI is InChI=1S/C11H20O/c1-2-10-12-11-8-6-4-3-5-7-9-11/h2,11H,1,3-10H2. The molecule has 0 aromatic heterocycles. The fraction of sp³-hybridized carbons (Fsp3) is 0.818. The van der Waals surface area contributed by atoms with E-state index in [2.05, 4.69) is 6.58 Å². The third-order valence-electron chi connectivity index (χ3n) is 2.50. The molecule has 1 aliphatic rings. The van der Waals surface area contributed by atoms with Crippen LogP contribution in [0.25, 0.3) is 0 Å². The van der Waals surface area contributed by atoms with Gasteiger partial charge in [-0.3, -0.25) is 0 Å². The zero-order valence-electron chi connectivity index (χ0n) is 7.93. The topological polar surface area (TPSA) is 9.23 Å². The van der Waals surface area contributed by atoms with E-state index >= 15 is 0 Å². The van der Waals surface area contributed by atoms with Gasteiger partial charge in [-0.2, -0.15) is 0 Å². The molecular weight excluding hydrogens is 148 g/mol. The van der Waals surface area contributed by atoms with Crippen LogP contribution in [-0.2, 0) is 4.74 Å². The van der Waals surface area contributed by atoms with Gasteiger partial charge in [0.1, 0.15) is 0 Å². The Morgan fingerprint density at radius 2 is 1.67 bits per heavy atom. The molecule has 1 saturated carbocycles. The van der Waals surface area contributed by atoms with E-state index in [0.29, 0.717) is 6.10 Å². The van der Waals surface area contributed by atoms with E-state index < -0.39 is 0 Å². The van der Waals surface area contributed by atoms with Crippen molar-refractivity contribution in [3.63, 3.8) is 0 Å². The maximum absolute atomic E-state index is 5.65. The van der Waals surface area contributed by atoms with Crippen molar-refractivity contribution in [3.8, 4) is 0 Å². The molecule has 1 rings (SSSR count). The number of rotatable bonds is 3. The predicted octanol–water partition coefficient (Wildman–Crippen LogP) is 3.30. The summed E-state index contributed by atoms with van der Waals surface area (Å²) in [4.78, 5) is 0. The Kier molecular flexibility index (Phi) is 5.09. The van der Waals surface area contributed by atoms with Gasteiger partial charge in [0.05, 0.1) is 12.7 Å². The molecular formula is C11H20O. The molecule has 1 aliphatic carbocycles. The van der Waals surface area contributed by atoms with Gasteiger partial charge < -0.3 is 4.74 Å². The maximum Gasteiger partial charge on any atom is 0.0648 e. The van der Waals surface area contributed by atoms with Crippen molar-refractivity contribution in [2.45, 2.75) is 51.0 Å². The van der Waals surface area contributed by atoms with Crippen LogP contribution >= 0.6 is 0 Å². The second kappa shape index (κ2) is 6.24. The zero-order chi connectivity index (χ0) is 8.65. The van der Waals surface area contributed by atoms with E-state index in [1.165, 1.54) is 44.9 Å². The van der Waals surface area contributed by atoms with E-state index in [4.69, 9.17) is 4.74 Å². The van der Waals surface area contributed by atoms with Crippen LogP contribution < -0.4 is 0 Å². The first-order chi connectivity index (χ1) is 5.93. The fourth-order valence-corrected chi connectivity index (χ4v) is 1.79. The number of ether oxygens (including phenoxy) is 1. The summed E-state index contributed by atoms with van der Waals surface area (Å²) in [5.41, 5.74) is 0. The summed E-state index contributed by atoms with van der Waals surface area (Å²) >= 11 is 0. The Labute approximate surface area is 75.8 Å². The summed E-state index contributed by atoms with van der Waals surface area (Å²) in [6.45, 7) is 4.39. The first-order valence-electron chi connectivity index (χ1n) is 5.16. The summed E-state index contributed by atoms with van der Waals surface area (Å²) in [6.07, 6.45) is 11.8. The average Bonchev–Trinajstić information content (AvgIpc) is 2.02. The minimum absolute atomic E-state index is 0.517. The van der Waals surface area contributed by atoms with Gasteiger partial charge in [-0.15, -0.1) is 6.58 Å². The molecule has 0 saturated heterocycles. The molecule has 1 nitrogen and oxygen atoms in total. The van der Waals surface area contributed by atoms with Crippen molar-refractivity contribution in [2.75, 3.05) is 6.61 Å². The molecule has 70 valence electrons. The highest BCUT2D eigenvalue weighted by molar-refractivity contribution is 4.68.